The van der Waals surface area contributed by atoms with Crippen LogP contribution in [0.5, 0.6) is 0 Å². The van der Waals surface area contributed by atoms with Crippen molar-refractivity contribution in [2.24, 2.45) is 5.73 Å². The number of halogens is 2. The largest absolute Gasteiger partial charge is 0.395 e. The third kappa shape index (κ3) is 7.88. The minimum atomic E-state index is -2.39. The number of rotatable bonds is 8. The number of aliphatic hydroxyl groups is 1. The summed E-state index contributed by atoms with van der Waals surface area (Å²) in [5.74, 6) is 0.0611. The summed E-state index contributed by atoms with van der Waals surface area (Å²) in [5.41, 5.74) is 5.12. The first-order valence-electron chi connectivity index (χ1n) is 4.50. The molecule has 0 spiro atoms. The van der Waals surface area contributed by atoms with Crippen LogP contribution in [0.1, 0.15) is 12.8 Å². The predicted molar refractivity (Wildman–Crippen MR) is 50.7 cm³/mol. The molecule has 0 aliphatic carbocycles. The van der Waals surface area contributed by atoms with Crippen molar-refractivity contribution in [1.29, 1.82) is 5.41 Å². The second-order valence-electron chi connectivity index (χ2n) is 3.04. The summed E-state index contributed by atoms with van der Waals surface area (Å²) in [7, 11) is 0. The van der Waals surface area contributed by atoms with Crippen LogP contribution in [0.25, 0.3) is 0 Å². The maximum atomic E-state index is 12.0. The lowest BCUT2D eigenvalue weighted by atomic mass is 10.2. The van der Waals surface area contributed by atoms with Gasteiger partial charge in [0.1, 0.15) is 0 Å². The summed E-state index contributed by atoms with van der Waals surface area (Å²) in [4.78, 5) is 1.47. The molecule has 0 aromatic heterocycles. The van der Waals surface area contributed by atoms with Crippen LogP contribution in [0, 0.1) is 5.41 Å². The molecule has 0 amide bonds. The van der Waals surface area contributed by atoms with Crippen LogP contribution in [0.2, 0.25) is 0 Å². The minimum Gasteiger partial charge on any atom is -0.395 e. The summed E-state index contributed by atoms with van der Waals surface area (Å²) in [6.45, 7) is 0.206. The van der Waals surface area contributed by atoms with Crippen molar-refractivity contribution in [2.75, 3.05) is 26.2 Å². The van der Waals surface area contributed by atoms with E-state index in [0.717, 1.165) is 0 Å². The highest BCUT2D eigenvalue weighted by Crippen LogP contribution is 2.00. The molecule has 0 aromatic carbocycles. The van der Waals surface area contributed by atoms with Gasteiger partial charge in [-0.3, -0.25) is 10.3 Å². The first-order chi connectivity index (χ1) is 6.56. The molecule has 0 rings (SSSR count). The van der Waals surface area contributed by atoms with Crippen molar-refractivity contribution in [3.8, 4) is 0 Å². The fraction of sp³-hybridized carbons (Fsp3) is 0.875. The van der Waals surface area contributed by atoms with Crippen LogP contribution in [-0.4, -0.2) is 48.5 Å². The number of nitrogens with zero attached hydrogens (tertiary/aromatic N) is 1. The molecule has 0 heterocycles. The minimum absolute atomic E-state index is 0.0611. The third-order valence-corrected chi connectivity index (χ3v) is 1.73. The van der Waals surface area contributed by atoms with E-state index in [1.165, 1.54) is 4.90 Å². The number of hydrogen-bond donors (Lipinski definition) is 3. The van der Waals surface area contributed by atoms with Crippen molar-refractivity contribution in [1.82, 2.24) is 4.90 Å². The Morgan fingerprint density at radius 3 is 2.50 bits per heavy atom. The summed E-state index contributed by atoms with van der Waals surface area (Å²) in [5, 5.41) is 15.5. The van der Waals surface area contributed by atoms with Crippen LogP contribution in [0.4, 0.5) is 8.78 Å². The number of amidine groups is 1. The zero-order valence-electron chi connectivity index (χ0n) is 8.05. The summed E-state index contributed by atoms with van der Waals surface area (Å²) < 4.78 is 24.0. The number of aliphatic hydroxyl groups excluding tert-OH is 1. The van der Waals surface area contributed by atoms with E-state index in [4.69, 9.17) is 16.2 Å². The van der Waals surface area contributed by atoms with Gasteiger partial charge < -0.3 is 10.8 Å². The first-order valence-corrected chi connectivity index (χ1v) is 4.50. The molecule has 14 heavy (non-hydrogen) atoms. The van der Waals surface area contributed by atoms with Gasteiger partial charge in [0.25, 0.3) is 6.43 Å². The third-order valence-electron chi connectivity index (χ3n) is 1.73. The molecule has 0 radical (unpaired) electrons. The van der Waals surface area contributed by atoms with Gasteiger partial charge in [-0.15, -0.1) is 0 Å². The molecule has 0 atom stereocenters. The second-order valence-corrected chi connectivity index (χ2v) is 3.04. The molecular formula is C8H17F2N3O. The molecule has 84 valence electrons. The highest BCUT2D eigenvalue weighted by molar-refractivity contribution is 5.76. The van der Waals surface area contributed by atoms with E-state index in [1.54, 1.807) is 0 Å². The van der Waals surface area contributed by atoms with Crippen LogP contribution in [0.3, 0.4) is 0 Å². The van der Waals surface area contributed by atoms with E-state index in [-0.39, 0.29) is 25.5 Å². The molecule has 0 aliphatic rings. The van der Waals surface area contributed by atoms with Crippen LogP contribution in [0.15, 0.2) is 0 Å². The monoisotopic (exact) mass is 209 g/mol. The van der Waals surface area contributed by atoms with Crippen molar-refractivity contribution in [3.63, 3.8) is 0 Å². The zero-order chi connectivity index (χ0) is 11.0. The average Bonchev–Trinajstić information content (AvgIpc) is 2.02. The Labute approximate surface area is 82.2 Å². The van der Waals surface area contributed by atoms with Gasteiger partial charge in [-0.2, -0.15) is 0 Å². The molecule has 0 bridgehead atoms. The fourth-order valence-corrected chi connectivity index (χ4v) is 1.12. The maximum Gasteiger partial charge on any atom is 0.251 e. The lowest BCUT2D eigenvalue weighted by Gasteiger charge is -2.20. The molecule has 0 fully saturated rings. The predicted octanol–water partition coefficient (Wildman–Crippen LogP) is 0.262. The Morgan fingerprint density at radius 2 is 2.07 bits per heavy atom. The van der Waals surface area contributed by atoms with Crippen molar-refractivity contribution >= 4 is 5.84 Å². The highest BCUT2D eigenvalue weighted by atomic mass is 19.3. The van der Waals surface area contributed by atoms with Gasteiger partial charge in [-0.25, -0.2) is 8.78 Å². The Balaban J connectivity index is 3.66. The molecule has 6 heteroatoms. The van der Waals surface area contributed by atoms with Crippen LogP contribution < -0.4 is 5.73 Å². The van der Waals surface area contributed by atoms with Gasteiger partial charge in [-0.1, -0.05) is 0 Å². The quantitative estimate of drug-likeness (QED) is 0.396. The SMILES string of the molecule is N=C(N)CCCN(CCO)CC(F)F. The molecule has 0 aliphatic heterocycles. The summed E-state index contributed by atoms with van der Waals surface area (Å²) in [6, 6.07) is 0. The average molecular weight is 209 g/mol. The van der Waals surface area contributed by atoms with E-state index in [1.807, 2.05) is 0 Å². The topological polar surface area (TPSA) is 73.3 Å². The molecule has 0 unspecified atom stereocenters. The maximum absolute atomic E-state index is 12.0. The zero-order valence-corrected chi connectivity index (χ0v) is 8.05. The van der Waals surface area contributed by atoms with Gasteiger partial charge in [0.2, 0.25) is 0 Å². The van der Waals surface area contributed by atoms with Gasteiger partial charge in [0.15, 0.2) is 0 Å². The lowest BCUT2D eigenvalue weighted by molar-refractivity contribution is 0.0781. The number of alkyl halides is 2. The fourth-order valence-electron chi connectivity index (χ4n) is 1.12. The molecular weight excluding hydrogens is 192 g/mol. The number of nitrogens with one attached hydrogen (secondary N) is 1. The number of nitrogens with two attached hydrogens (primary N) is 1. The lowest BCUT2D eigenvalue weighted by Crippen LogP contribution is -2.33. The Hall–Kier alpha value is -0.750. The normalized spacial score (nSPS) is 11.2. The van der Waals surface area contributed by atoms with Crippen LogP contribution >= 0.6 is 0 Å². The molecule has 4 nitrogen and oxygen atoms in total. The molecule has 0 saturated carbocycles. The second kappa shape index (κ2) is 7.64. The van der Waals surface area contributed by atoms with Crippen molar-refractivity contribution in [2.45, 2.75) is 19.3 Å². The van der Waals surface area contributed by atoms with Gasteiger partial charge >= 0.3 is 0 Å². The van der Waals surface area contributed by atoms with Crippen molar-refractivity contribution < 1.29 is 13.9 Å². The van der Waals surface area contributed by atoms with Crippen LogP contribution in [-0.2, 0) is 0 Å². The molecule has 0 aromatic rings. The standard InChI is InChI=1S/C8H17F2N3O/c9-7(10)6-13(4-5-14)3-1-2-8(11)12/h7,14H,1-6H2,(H3,11,12). The van der Waals surface area contributed by atoms with E-state index in [2.05, 4.69) is 0 Å². The number of hydrogen-bond acceptors (Lipinski definition) is 3. The van der Waals surface area contributed by atoms with Gasteiger partial charge in [0.05, 0.1) is 19.0 Å². The van der Waals surface area contributed by atoms with E-state index in [0.29, 0.717) is 19.4 Å². The van der Waals surface area contributed by atoms with Gasteiger partial charge in [0, 0.05) is 13.0 Å². The van der Waals surface area contributed by atoms with E-state index < -0.39 is 6.43 Å². The first kappa shape index (κ1) is 13.2. The summed E-state index contributed by atoms with van der Waals surface area (Å²) in [6.07, 6.45) is -1.41. The van der Waals surface area contributed by atoms with E-state index >= 15 is 0 Å². The Kier molecular flexibility index (Phi) is 7.23. The molecule has 4 N–H and O–H groups in total. The molecule has 0 saturated heterocycles. The Morgan fingerprint density at radius 1 is 1.43 bits per heavy atom. The Bertz CT molecular complexity index is 167. The highest BCUT2D eigenvalue weighted by Gasteiger charge is 2.10. The van der Waals surface area contributed by atoms with Crippen molar-refractivity contribution in [3.05, 3.63) is 0 Å². The summed E-state index contributed by atoms with van der Waals surface area (Å²) >= 11 is 0. The smallest absolute Gasteiger partial charge is 0.251 e. The van der Waals surface area contributed by atoms with Gasteiger partial charge in [-0.05, 0) is 13.0 Å². The van der Waals surface area contributed by atoms with E-state index in [9.17, 15) is 8.78 Å².